The van der Waals surface area contributed by atoms with Gasteiger partial charge in [-0.1, -0.05) is 51.2 Å². The van der Waals surface area contributed by atoms with Crippen molar-refractivity contribution < 1.29 is 30.0 Å². The molecule has 0 aromatic rings. The minimum Gasteiger partial charge on any atom is -0.392 e. The van der Waals surface area contributed by atoms with Crippen LogP contribution in [0.25, 0.3) is 0 Å². The van der Waals surface area contributed by atoms with Gasteiger partial charge in [-0.05, 0) is 27.2 Å². The zero-order valence-corrected chi connectivity index (χ0v) is 24.6. The molecule has 0 spiro atoms. The summed E-state index contributed by atoms with van der Waals surface area (Å²) in [6, 6.07) is 1.76. The average Bonchev–Trinajstić information content (AvgIpc) is 2.71. The van der Waals surface area contributed by atoms with E-state index in [0.29, 0.717) is 50.7 Å². The number of hydrogen-bond donors (Lipinski definition) is 4. The highest BCUT2D eigenvalue weighted by molar-refractivity contribution is 8.14. The Morgan fingerprint density at radius 2 is 1.08 bits per heavy atom. The van der Waals surface area contributed by atoms with Gasteiger partial charge in [0.15, 0.2) is 16.3 Å². The number of aliphatic hydroxyl groups excluding tert-OH is 4. The molecule has 4 atom stereocenters. The number of carbonyl (C=O) groups is 2. The number of carbonyl (C=O) groups excluding carboxylic acids is 2. The first-order chi connectivity index (χ1) is 16.5. The molecule has 0 radical (unpaired) electrons. The van der Waals surface area contributed by atoms with Gasteiger partial charge in [0.1, 0.15) is 0 Å². The lowest BCUT2D eigenvalue weighted by Crippen LogP contribution is -2.39. The molecular weight excluding hydrogens is 502 g/mol. The van der Waals surface area contributed by atoms with Crippen molar-refractivity contribution in [3.8, 4) is 6.07 Å². The molecule has 0 heterocycles. The largest absolute Gasteiger partial charge is 0.392 e. The van der Waals surface area contributed by atoms with Crippen molar-refractivity contribution in [1.82, 2.24) is 9.80 Å². The lowest BCUT2D eigenvalue weighted by atomic mass is 9.76. The van der Waals surface area contributed by atoms with Gasteiger partial charge >= 0.3 is 0 Å². The summed E-state index contributed by atoms with van der Waals surface area (Å²) in [6.45, 7) is 14.6. The standard InChI is InChI=1S/C25H47N3O6S2/c1-18(29)13-27(14-19(2)30)8-10-35-22(33)24(4,5)17-25(6,7)23(34)36-11-9-28(15-20(3)31)16-21(32)12-26/h18-21,29-32H,8-11,13-17H2,1-7H3. The Kier molecular flexibility index (Phi) is 16.7. The van der Waals surface area contributed by atoms with Crippen LogP contribution in [0.3, 0.4) is 0 Å². The van der Waals surface area contributed by atoms with Gasteiger partial charge in [-0.2, -0.15) is 5.26 Å². The van der Waals surface area contributed by atoms with E-state index in [-0.39, 0.29) is 16.8 Å². The lowest BCUT2D eigenvalue weighted by molar-refractivity contribution is -0.123. The number of rotatable bonds is 18. The van der Waals surface area contributed by atoms with Gasteiger partial charge < -0.3 is 20.4 Å². The van der Waals surface area contributed by atoms with Crippen LogP contribution in [0.15, 0.2) is 0 Å². The zero-order chi connectivity index (χ0) is 28.1. The van der Waals surface area contributed by atoms with E-state index in [1.54, 1.807) is 31.7 Å². The van der Waals surface area contributed by atoms with Crippen LogP contribution in [-0.2, 0) is 9.59 Å². The predicted octanol–water partition coefficient (Wildman–Crippen LogP) is 1.58. The molecule has 36 heavy (non-hydrogen) atoms. The predicted molar refractivity (Wildman–Crippen MR) is 147 cm³/mol. The van der Waals surface area contributed by atoms with E-state index in [1.165, 1.54) is 11.8 Å². The SMILES string of the molecule is CC(O)CN(CCSC(=O)C(C)(C)CC(C)(C)C(=O)SCCN(CC(C)O)CC(O)C#N)CC(C)O. The van der Waals surface area contributed by atoms with Gasteiger partial charge in [0.25, 0.3) is 0 Å². The fourth-order valence-corrected chi connectivity index (χ4v) is 6.09. The van der Waals surface area contributed by atoms with Crippen LogP contribution in [-0.4, -0.2) is 116 Å². The number of aliphatic hydroxyl groups is 4. The lowest BCUT2D eigenvalue weighted by Gasteiger charge is -2.33. The quantitative estimate of drug-likeness (QED) is 0.185. The first-order valence-corrected chi connectivity index (χ1v) is 14.4. The summed E-state index contributed by atoms with van der Waals surface area (Å²) in [5.41, 5.74) is -1.46. The summed E-state index contributed by atoms with van der Waals surface area (Å²) >= 11 is 2.37. The summed E-state index contributed by atoms with van der Waals surface area (Å²) in [5.74, 6) is 0.969. The van der Waals surface area contributed by atoms with E-state index in [0.717, 1.165) is 11.8 Å². The second-order valence-corrected chi connectivity index (χ2v) is 13.1. The van der Waals surface area contributed by atoms with Gasteiger partial charge in [0.2, 0.25) is 0 Å². The van der Waals surface area contributed by atoms with Crippen LogP contribution in [0, 0.1) is 22.2 Å². The highest BCUT2D eigenvalue weighted by atomic mass is 32.2. The third-order valence-electron chi connectivity index (χ3n) is 5.42. The van der Waals surface area contributed by atoms with Gasteiger partial charge in [0.05, 0.1) is 24.4 Å². The smallest absolute Gasteiger partial charge is 0.194 e. The van der Waals surface area contributed by atoms with Gasteiger partial charge in [-0.25, -0.2) is 0 Å². The zero-order valence-electron chi connectivity index (χ0n) is 22.9. The van der Waals surface area contributed by atoms with E-state index in [9.17, 15) is 30.0 Å². The maximum atomic E-state index is 13.0. The number of nitrogens with zero attached hydrogens (tertiary/aromatic N) is 3. The van der Waals surface area contributed by atoms with E-state index < -0.39 is 35.2 Å². The second kappa shape index (κ2) is 17.0. The Bertz CT molecular complexity index is 700. The second-order valence-electron chi connectivity index (χ2n) is 10.9. The molecule has 0 aliphatic rings. The molecule has 210 valence electrons. The van der Waals surface area contributed by atoms with E-state index in [4.69, 9.17) is 5.26 Å². The Morgan fingerprint density at radius 3 is 1.39 bits per heavy atom. The molecule has 0 bridgehead atoms. The van der Waals surface area contributed by atoms with Crippen molar-refractivity contribution in [2.45, 2.75) is 79.3 Å². The van der Waals surface area contributed by atoms with E-state index in [2.05, 4.69) is 0 Å². The monoisotopic (exact) mass is 549 g/mol. The van der Waals surface area contributed by atoms with Gasteiger partial charge in [-0.3, -0.25) is 19.4 Å². The highest BCUT2D eigenvalue weighted by Crippen LogP contribution is 2.40. The Labute approximate surface area is 225 Å². The van der Waals surface area contributed by atoms with Crippen molar-refractivity contribution in [2.24, 2.45) is 10.8 Å². The molecular formula is C25H47N3O6S2. The van der Waals surface area contributed by atoms with Crippen molar-refractivity contribution in [3.05, 3.63) is 0 Å². The minimum absolute atomic E-state index is 0.00369. The minimum atomic E-state index is -1.16. The third-order valence-corrected chi connectivity index (χ3v) is 7.82. The highest BCUT2D eigenvalue weighted by Gasteiger charge is 2.39. The third kappa shape index (κ3) is 15.5. The molecule has 0 aromatic heterocycles. The Hall–Kier alpha value is -0.710. The summed E-state index contributed by atoms with van der Waals surface area (Å²) in [5, 5.41) is 47.4. The molecule has 0 rings (SSSR count). The van der Waals surface area contributed by atoms with Gasteiger partial charge in [0, 0.05) is 61.6 Å². The molecule has 0 aromatic carbocycles. The topological polar surface area (TPSA) is 145 Å². The van der Waals surface area contributed by atoms with Crippen LogP contribution < -0.4 is 0 Å². The first kappa shape index (κ1) is 35.3. The van der Waals surface area contributed by atoms with Crippen molar-refractivity contribution in [1.29, 1.82) is 5.26 Å². The molecule has 4 unspecified atom stereocenters. The molecule has 4 N–H and O–H groups in total. The first-order valence-electron chi connectivity index (χ1n) is 12.4. The maximum Gasteiger partial charge on any atom is 0.194 e. The summed E-state index contributed by atoms with van der Waals surface area (Å²) in [6.07, 6.45) is -2.45. The van der Waals surface area contributed by atoms with Crippen LogP contribution in [0.1, 0.15) is 54.9 Å². The fraction of sp³-hybridized carbons (Fsp3) is 0.880. The molecule has 0 fully saturated rings. The molecule has 0 saturated heterocycles. The summed E-state index contributed by atoms with van der Waals surface area (Å²) < 4.78 is 0. The normalized spacial score (nSPS) is 16.0. The number of nitriles is 1. The van der Waals surface area contributed by atoms with Crippen LogP contribution in [0.5, 0.6) is 0 Å². The Morgan fingerprint density at radius 1 is 0.750 bits per heavy atom. The van der Waals surface area contributed by atoms with E-state index >= 15 is 0 Å². The summed E-state index contributed by atoms with van der Waals surface area (Å²) in [4.78, 5) is 29.6. The van der Waals surface area contributed by atoms with Crippen LogP contribution >= 0.6 is 23.5 Å². The average molecular weight is 550 g/mol. The van der Waals surface area contributed by atoms with Crippen LogP contribution in [0.4, 0.5) is 0 Å². The number of thioether (sulfide) groups is 2. The molecule has 11 heteroatoms. The van der Waals surface area contributed by atoms with Gasteiger partial charge in [-0.15, -0.1) is 0 Å². The van der Waals surface area contributed by atoms with Crippen molar-refractivity contribution in [3.63, 3.8) is 0 Å². The summed E-state index contributed by atoms with van der Waals surface area (Å²) in [7, 11) is 0. The maximum absolute atomic E-state index is 13.0. The van der Waals surface area contributed by atoms with Crippen molar-refractivity contribution in [2.75, 3.05) is 50.8 Å². The molecule has 0 saturated carbocycles. The fourth-order valence-electron chi connectivity index (χ4n) is 4.10. The molecule has 0 aliphatic carbocycles. The molecule has 0 aliphatic heterocycles. The van der Waals surface area contributed by atoms with Crippen molar-refractivity contribution >= 4 is 33.8 Å². The molecule has 9 nitrogen and oxygen atoms in total. The van der Waals surface area contributed by atoms with E-state index in [1.807, 2.05) is 32.6 Å². The van der Waals surface area contributed by atoms with Crippen LogP contribution in [0.2, 0.25) is 0 Å². The molecule has 0 amide bonds. The number of hydrogen-bond acceptors (Lipinski definition) is 11. The Balaban J connectivity index is 4.83.